The summed E-state index contributed by atoms with van der Waals surface area (Å²) in [6, 6.07) is 66.5. The molecule has 0 saturated carbocycles. The van der Waals surface area contributed by atoms with Crippen molar-refractivity contribution >= 4 is 75.4 Å². The molecule has 0 N–H and O–H groups in total. The lowest BCUT2D eigenvalue weighted by molar-refractivity contribution is 1.37. The smallest absolute Gasteiger partial charge is 0.0353 e. The molecule has 0 saturated heterocycles. The van der Waals surface area contributed by atoms with E-state index >= 15 is 0 Å². The van der Waals surface area contributed by atoms with Crippen molar-refractivity contribution in [1.82, 2.24) is 9.97 Å². The second-order valence-electron chi connectivity index (χ2n) is 15.2. The van der Waals surface area contributed by atoms with Gasteiger partial charge in [0.1, 0.15) is 0 Å². The average Bonchev–Trinajstić information content (AvgIpc) is 3.29. The van der Waals surface area contributed by atoms with Crippen LogP contribution < -0.4 is 0 Å². The minimum Gasteiger partial charge on any atom is -0.264 e. The van der Waals surface area contributed by atoms with Gasteiger partial charge in [0.2, 0.25) is 0 Å². The Kier molecular flexibility index (Phi) is 7.26. The number of fused-ring (bicyclic) bond motifs is 7. The van der Waals surface area contributed by atoms with E-state index in [1.165, 1.54) is 109 Å². The molecule has 12 rings (SSSR count). The van der Waals surface area contributed by atoms with E-state index in [-0.39, 0.29) is 0 Å². The third kappa shape index (κ3) is 4.79. The monoisotopic (exact) mass is 734 g/mol. The molecule has 0 aliphatic rings. The van der Waals surface area contributed by atoms with Crippen LogP contribution >= 0.6 is 0 Å². The van der Waals surface area contributed by atoms with Gasteiger partial charge in [0, 0.05) is 35.6 Å². The second-order valence-corrected chi connectivity index (χ2v) is 15.2. The van der Waals surface area contributed by atoms with Crippen molar-refractivity contribution in [3.63, 3.8) is 0 Å². The summed E-state index contributed by atoms with van der Waals surface area (Å²) in [7, 11) is 0. The van der Waals surface area contributed by atoms with Gasteiger partial charge >= 0.3 is 0 Å². The Morgan fingerprint density at radius 1 is 0.207 bits per heavy atom. The predicted molar refractivity (Wildman–Crippen MR) is 246 cm³/mol. The standard InChI is InChI=1S/C56H34N2/c1-3-17-37-35(13-1)15-11-25-41(37)53-43-21-7-9-23-45(43)55(51-33-57-31-29-49(51)53)47-27-28-48(40-20-6-5-19-39(40)47)56-46-24-10-8-22-44(46)54(50-30-32-58-34-52(50)56)42-26-12-16-36-14-2-4-18-38(36)42/h1-34H. The van der Waals surface area contributed by atoms with E-state index in [0.717, 1.165) is 10.8 Å². The summed E-state index contributed by atoms with van der Waals surface area (Å²) in [5.74, 6) is 0. The zero-order valence-electron chi connectivity index (χ0n) is 31.5. The van der Waals surface area contributed by atoms with Gasteiger partial charge < -0.3 is 0 Å². The quantitative estimate of drug-likeness (QED) is 0.168. The van der Waals surface area contributed by atoms with Crippen LogP contribution in [0.4, 0.5) is 0 Å². The summed E-state index contributed by atoms with van der Waals surface area (Å²) in [6.45, 7) is 0. The van der Waals surface area contributed by atoms with Crippen LogP contribution in [0.3, 0.4) is 0 Å². The van der Waals surface area contributed by atoms with Gasteiger partial charge in [-0.3, -0.25) is 9.97 Å². The van der Waals surface area contributed by atoms with Gasteiger partial charge in [0.25, 0.3) is 0 Å². The van der Waals surface area contributed by atoms with Crippen LogP contribution in [-0.4, -0.2) is 9.97 Å². The van der Waals surface area contributed by atoms with Crippen LogP contribution in [0.5, 0.6) is 0 Å². The lowest BCUT2D eigenvalue weighted by Crippen LogP contribution is -1.95. The van der Waals surface area contributed by atoms with Gasteiger partial charge in [-0.1, -0.05) is 170 Å². The Morgan fingerprint density at radius 3 is 0.914 bits per heavy atom. The Balaban J connectivity index is 1.16. The van der Waals surface area contributed by atoms with Crippen molar-refractivity contribution in [3.8, 4) is 44.5 Å². The summed E-state index contributed by atoms with van der Waals surface area (Å²) in [5, 5.41) is 16.9. The first-order valence-corrected chi connectivity index (χ1v) is 19.9. The van der Waals surface area contributed by atoms with E-state index in [1.807, 2.05) is 12.4 Å². The van der Waals surface area contributed by atoms with E-state index in [9.17, 15) is 0 Å². The van der Waals surface area contributed by atoms with Gasteiger partial charge in [-0.05, 0) is 121 Å². The van der Waals surface area contributed by atoms with Crippen molar-refractivity contribution in [1.29, 1.82) is 0 Å². The maximum absolute atomic E-state index is 4.76. The molecule has 0 aliphatic carbocycles. The lowest BCUT2D eigenvalue weighted by Gasteiger charge is -2.21. The van der Waals surface area contributed by atoms with E-state index in [4.69, 9.17) is 9.97 Å². The molecule has 10 aromatic carbocycles. The Bertz CT molecular complexity index is 3270. The first-order valence-electron chi connectivity index (χ1n) is 19.9. The molecule has 12 aromatic rings. The fourth-order valence-corrected chi connectivity index (χ4v) is 9.82. The minimum absolute atomic E-state index is 1.14. The second kappa shape index (κ2) is 12.9. The van der Waals surface area contributed by atoms with E-state index in [1.54, 1.807) is 0 Å². The molecule has 0 amide bonds. The maximum atomic E-state index is 4.76. The highest BCUT2D eigenvalue weighted by Gasteiger charge is 2.23. The van der Waals surface area contributed by atoms with E-state index in [2.05, 4.69) is 194 Å². The number of nitrogens with zero attached hydrogens (tertiary/aromatic N) is 2. The third-order valence-electron chi connectivity index (χ3n) is 12.2. The molecule has 2 heterocycles. The van der Waals surface area contributed by atoms with Crippen LogP contribution in [0.1, 0.15) is 0 Å². The highest BCUT2D eigenvalue weighted by molar-refractivity contribution is 6.28. The van der Waals surface area contributed by atoms with Gasteiger partial charge in [-0.15, -0.1) is 0 Å². The molecule has 2 aromatic heterocycles. The van der Waals surface area contributed by atoms with Crippen LogP contribution in [0.15, 0.2) is 207 Å². The largest absolute Gasteiger partial charge is 0.264 e. The molecular weight excluding hydrogens is 701 g/mol. The zero-order valence-corrected chi connectivity index (χ0v) is 31.5. The number of rotatable bonds is 4. The van der Waals surface area contributed by atoms with Crippen LogP contribution in [0.2, 0.25) is 0 Å². The van der Waals surface area contributed by atoms with Crippen molar-refractivity contribution < 1.29 is 0 Å². The number of aromatic nitrogens is 2. The Hall–Kier alpha value is -7.68. The highest BCUT2D eigenvalue weighted by Crippen LogP contribution is 2.50. The van der Waals surface area contributed by atoms with Crippen molar-refractivity contribution in [2.75, 3.05) is 0 Å². The average molecular weight is 735 g/mol. The number of benzene rings is 10. The van der Waals surface area contributed by atoms with Gasteiger partial charge in [0.05, 0.1) is 0 Å². The van der Waals surface area contributed by atoms with Gasteiger partial charge in [-0.25, -0.2) is 0 Å². The molecule has 0 fully saturated rings. The summed E-state index contributed by atoms with van der Waals surface area (Å²) in [4.78, 5) is 9.52. The minimum atomic E-state index is 1.14. The number of hydrogen-bond acceptors (Lipinski definition) is 2. The summed E-state index contributed by atoms with van der Waals surface area (Å²) >= 11 is 0. The zero-order chi connectivity index (χ0) is 38.2. The topological polar surface area (TPSA) is 25.8 Å². The predicted octanol–water partition coefficient (Wildman–Crippen LogP) is 15.2. The third-order valence-corrected chi connectivity index (χ3v) is 12.2. The van der Waals surface area contributed by atoms with Crippen molar-refractivity contribution in [2.24, 2.45) is 0 Å². The van der Waals surface area contributed by atoms with Gasteiger partial charge in [0.15, 0.2) is 0 Å². The maximum Gasteiger partial charge on any atom is 0.0353 e. The molecule has 0 spiro atoms. The first kappa shape index (κ1) is 32.6. The lowest BCUT2D eigenvalue weighted by atomic mass is 9.82. The first-order chi connectivity index (χ1) is 28.8. The van der Waals surface area contributed by atoms with Gasteiger partial charge in [-0.2, -0.15) is 0 Å². The van der Waals surface area contributed by atoms with Crippen LogP contribution in [0.25, 0.3) is 120 Å². The molecule has 2 nitrogen and oxygen atoms in total. The van der Waals surface area contributed by atoms with E-state index < -0.39 is 0 Å². The van der Waals surface area contributed by atoms with Crippen LogP contribution in [0, 0.1) is 0 Å². The summed E-state index contributed by atoms with van der Waals surface area (Å²) in [6.07, 6.45) is 7.99. The molecule has 58 heavy (non-hydrogen) atoms. The molecule has 2 heteroatoms. The molecule has 268 valence electrons. The normalized spacial score (nSPS) is 11.8. The summed E-state index contributed by atoms with van der Waals surface area (Å²) < 4.78 is 0. The molecule has 0 atom stereocenters. The van der Waals surface area contributed by atoms with Crippen LogP contribution in [-0.2, 0) is 0 Å². The Labute approximate surface area is 335 Å². The number of hydrogen-bond donors (Lipinski definition) is 0. The molecule has 0 unspecified atom stereocenters. The van der Waals surface area contributed by atoms with Crippen molar-refractivity contribution in [3.05, 3.63) is 207 Å². The fourth-order valence-electron chi connectivity index (χ4n) is 9.82. The molecule has 0 radical (unpaired) electrons. The molecular formula is C56H34N2. The number of pyridine rings is 2. The van der Waals surface area contributed by atoms with Crippen molar-refractivity contribution in [2.45, 2.75) is 0 Å². The highest BCUT2D eigenvalue weighted by atomic mass is 14.6. The molecule has 0 aliphatic heterocycles. The Morgan fingerprint density at radius 2 is 0.500 bits per heavy atom. The van der Waals surface area contributed by atoms with E-state index in [0.29, 0.717) is 0 Å². The molecule has 0 bridgehead atoms. The fraction of sp³-hybridized carbons (Fsp3) is 0. The SMILES string of the molecule is c1ccc2c(-c3c4ccccc4c(-c4ccc(-c5c6ccccc6c(-c6cccc7ccccc67)c6ccncc56)c5ccccc45)c4cnccc34)cccc2c1. The summed E-state index contributed by atoms with van der Waals surface area (Å²) in [5.41, 5.74) is 9.74.